The standard InChI is InChI=1S/C24H28N6O/c1-6-31-24-18(11-8-12-25-24)19-14-27-23-20(21(15(2)3)29-30(23)5)22(19)26-13-17-10-7-9-16(4)28-17/h7-12,14-15H,6,13H2,1-5H3,(H,26,27). The summed E-state index contributed by atoms with van der Waals surface area (Å²) in [6.07, 6.45) is 3.62. The van der Waals surface area contributed by atoms with Gasteiger partial charge in [0.15, 0.2) is 5.65 Å². The van der Waals surface area contributed by atoms with E-state index in [0.717, 1.165) is 44.9 Å². The van der Waals surface area contributed by atoms with E-state index in [-0.39, 0.29) is 5.92 Å². The first kappa shape index (κ1) is 20.8. The van der Waals surface area contributed by atoms with Crippen LogP contribution in [-0.4, -0.2) is 31.3 Å². The molecular weight excluding hydrogens is 388 g/mol. The minimum absolute atomic E-state index is 0.249. The van der Waals surface area contributed by atoms with E-state index in [9.17, 15) is 0 Å². The van der Waals surface area contributed by atoms with Crippen molar-refractivity contribution in [1.82, 2.24) is 24.7 Å². The number of hydrogen-bond donors (Lipinski definition) is 1. The zero-order chi connectivity index (χ0) is 22.0. The van der Waals surface area contributed by atoms with Crippen LogP contribution in [0.2, 0.25) is 0 Å². The molecule has 0 saturated carbocycles. The predicted octanol–water partition coefficient (Wildman–Crippen LogP) is 4.87. The maximum Gasteiger partial charge on any atom is 0.221 e. The fourth-order valence-electron chi connectivity index (χ4n) is 3.76. The molecule has 4 heterocycles. The number of nitrogens with one attached hydrogen (secondary N) is 1. The Kier molecular flexibility index (Phi) is 5.84. The molecule has 0 saturated heterocycles. The summed E-state index contributed by atoms with van der Waals surface area (Å²) in [4.78, 5) is 13.8. The van der Waals surface area contributed by atoms with Gasteiger partial charge in [0.25, 0.3) is 0 Å². The van der Waals surface area contributed by atoms with Crippen molar-refractivity contribution < 1.29 is 4.74 Å². The monoisotopic (exact) mass is 416 g/mol. The van der Waals surface area contributed by atoms with E-state index in [2.05, 4.69) is 29.1 Å². The van der Waals surface area contributed by atoms with Gasteiger partial charge in [-0.25, -0.2) is 9.97 Å². The molecule has 7 nitrogen and oxygen atoms in total. The number of ether oxygens (including phenoxy) is 1. The molecule has 1 N–H and O–H groups in total. The van der Waals surface area contributed by atoms with E-state index in [1.807, 2.05) is 62.1 Å². The van der Waals surface area contributed by atoms with E-state index in [4.69, 9.17) is 14.8 Å². The van der Waals surface area contributed by atoms with Gasteiger partial charge in [-0.2, -0.15) is 5.10 Å². The highest BCUT2D eigenvalue weighted by Gasteiger charge is 2.22. The molecule has 4 aromatic heterocycles. The predicted molar refractivity (Wildman–Crippen MR) is 123 cm³/mol. The lowest BCUT2D eigenvalue weighted by atomic mass is 10.0. The van der Waals surface area contributed by atoms with Gasteiger partial charge < -0.3 is 10.1 Å². The van der Waals surface area contributed by atoms with Crippen molar-refractivity contribution in [3.05, 3.63) is 59.8 Å². The van der Waals surface area contributed by atoms with Crippen molar-refractivity contribution in [2.75, 3.05) is 11.9 Å². The van der Waals surface area contributed by atoms with E-state index >= 15 is 0 Å². The second-order valence-corrected chi connectivity index (χ2v) is 7.82. The Morgan fingerprint density at radius 3 is 2.68 bits per heavy atom. The van der Waals surface area contributed by atoms with E-state index < -0.39 is 0 Å². The fourth-order valence-corrected chi connectivity index (χ4v) is 3.76. The largest absolute Gasteiger partial charge is 0.478 e. The number of nitrogens with zero attached hydrogens (tertiary/aromatic N) is 5. The Morgan fingerprint density at radius 2 is 1.94 bits per heavy atom. The molecule has 0 aromatic carbocycles. The van der Waals surface area contributed by atoms with Crippen molar-refractivity contribution in [3.8, 4) is 17.0 Å². The number of aromatic nitrogens is 5. The van der Waals surface area contributed by atoms with Crippen LogP contribution in [0.5, 0.6) is 5.88 Å². The van der Waals surface area contributed by atoms with Gasteiger partial charge in [0.05, 0.1) is 35.6 Å². The van der Waals surface area contributed by atoms with Crippen molar-refractivity contribution in [2.45, 2.75) is 40.2 Å². The van der Waals surface area contributed by atoms with Crippen LogP contribution in [0, 0.1) is 6.92 Å². The number of rotatable bonds is 7. The molecule has 0 amide bonds. The third-order valence-electron chi connectivity index (χ3n) is 5.16. The van der Waals surface area contributed by atoms with Gasteiger partial charge in [0.2, 0.25) is 5.88 Å². The Balaban J connectivity index is 1.91. The maximum atomic E-state index is 5.82. The van der Waals surface area contributed by atoms with Crippen molar-refractivity contribution in [2.24, 2.45) is 7.05 Å². The molecule has 0 fully saturated rings. The Hall–Kier alpha value is -3.48. The van der Waals surface area contributed by atoms with Crippen LogP contribution in [0.1, 0.15) is 43.8 Å². The maximum absolute atomic E-state index is 5.82. The molecule has 0 bridgehead atoms. The van der Waals surface area contributed by atoms with Crippen LogP contribution in [0.15, 0.2) is 42.7 Å². The van der Waals surface area contributed by atoms with E-state index in [1.54, 1.807) is 6.20 Å². The quantitative estimate of drug-likeness (QED) is 0.463. The second kappa shape index (κ2) is 8.71. The molecule has 31 heavy (non-hydrogen) atoms. The summed E-state index contributed by atoms with van der Waals surface area (Å²) < 4.78 is 7.66. The smallest absolute Gasteiger partial charge is 0.221 e. The summed E-state index contributed by atoms with van der Waals surface area (Å²) in [6, 6.07) is 9.99. The van der Waals surface area contributed by atoms with Crippen LogP contribution in [0.25, 0.3) is 22.2 Å². The number of aryl methyl sites for hydroxylation is 2. The number of fused-ring (bicyclic) bond motifs is 1. The Labute approximate surface area is 182 Å². The minimum atomic E-state index is 0.249. The highest BCUT2D eigenvalue weighted by atomic mass is 16.5. The highest BCUT2D eigenvalue weighted by molar-refractivity contribution is 6.00. The summed E-state index contributed by atoms with van der Waals surface area (Å²) >= 11 is 0. The third kappa shape index (κ3) is 4.08. The van der Waals surface area contributed by atoms with Gasteiger partial charge in [-0.15, -0.1) is 0 Å². The lowest BCUT2D eigenvalue weighted by molar-refractivity contribution is 0.328. The first-order chi connectivity index (χ1) is 15.0. The molecule has 0 radical (unpaired) electrons. The first-order valence-corrected chi connectivity index (χ1v) is 10.6. The van der Waals surface area contributed by atoms with Crippen LogP contribution in [0.4, 0.5) is 5.69 Å². The summed E-state index contributed by atoms with van der Waals surface area (Å²) in [5.41, 5.74) is 6.63. The van der Waals surface area contributed by atoms with Gasteiger partial charge in [-0.3, -0.25) is 9.67 Å². The molecule has 4 aromatic rings. The first-order valence-electron chi connectivity index (χ1n) is 10.6. The average molecular weight is 417 g/mol. The van der Waals surface area contributed by atoms with Crippen LogP contribution in [-0.2, 0) is 13.6 Å². The number of pyridine rings is 3. The van der Waals surface area contributed by atoms with Gasteiger partial charge in [0, 0.05) is 36.3 Å². The zero-order valence-corrected chi connectivity index (χ0v) is 18.7. The van der Waals surface area contributed by atoms with Gasteiger partial charge in [-0.05, 0) is 44.0 Å². The molecule has 0 spiro atoms. The van der Waals surface area contributed by atoms with Crippen LogP contribution >= 0.6 is 0 Å². The van der Waals surface area contributed by atoms with E-state index in [1.165, 1.54) is 0 Å². The molecule has 0 atom stereocenters. The molecule has 0 aliphatic rings. The highest BCUT2D eigenvalue weighted by Crippen LogP contribution is 2.40. The topological polar surface area (TPSA) is 77.8 Å². The third-order valence-corrected chi connectivity index (χ3v) is 5.16. The number of hydrogen-bond acceptors (Lipinski definition) is 6. The molecule has 0 aliphatic carbocycles. The lowest BCUT2D eigenvalue weighted by Gasteiger charge is -2.16. The molecule has 7 heteroatoms. The Bertz CT molecular complexity index is 1210. The van der Waals surface area contributed by atoms with Gasteiger partial charge in [0.1, 0.15) is 0 Å². The average Bonchev–Trinajstić information content (AvgIpc) is 3.10. The van der Waals surface area contributed by atoms with E-state index in [0.29, 0.717) is 19.0 Å². The zero-order valence-electron chi connectivity index (χ0n) is 18.7. The normalized spacial score (nSPS) is 11.3. The van der Waals surface area contributed by atoms with Gasteiger partial charge >= 0.3 is 0 Å². The second-order valence-electron chi connectivity index (χ2n) is 7.82. The van der Waals surface area contributed by atoms with Crippen molar-refractivity contribution >= 4 is 16.7 Å². The van der Waals surface area contributed by atoms with Crippen LogP contribution in [0.3, 0.4) is 0 Å². The Morgan fingerprint density at radius 1 is 1.10 bits per heavy atom. The summed E-state index contributed by atoms with van der Waals surface area (Å²) in [7, 11) is 1.93. The number of anilines is 1. The van der Waals surface area contributed by atoms with Crippen molar-refractivity contribution in [1.29, 1.82) is 0 Å². The molecule has 0 unspecified atom stereocenters. The molecule has 0 aliphatic heterocycles. The molecule has 160 valence electrons. The molecule has 4 rings (SSSR count). The SMILES string of the molecule is CCOc1ncccc1-c1cnc2c(c(C(C)C)nn2C)c1NCc1cccc(C)n1. The fraction of sp³-hybridized carbons (Fsp3) is 0.333. The minimum Gasteiger partial charge on any atom is -0.478 e. The summed E-state index contributed by atoms with van der Waals surface area (Å²) in [5, 5.41) is 9.42. The lowest BCUT2D eigenvalue weighted by Crippen LogP contribution is -2.06. The molecular formula is C24H28N6O. The van der Waals surface area contributed by atoms with Crippen LogP contribution < -0.4 is 10.1 Å². The van der Waals surface area contributed by atoms with Crippen molar-refractivity contribution in [3.63, 3.8) is 0 Å². The summed E-state index contributed by atoms with van der Waals surface area (Å²) in [6.45, 7) is 9.39. The van der Waals surface area contributed by atoms with Gasteiger partial charge in [-0.1, -0.05) is 19.9 Å². The summed E-state index contributed by atoms with van der Waals surface area (Å²) in [5.74, 6) is 0.844.